The van der Waals surface area contributed by atoms with Gasteiger partial charge < -0.3 is 9.32 Å². The first-order valence-electron chi connectivity index (χ1n) is 7.01. The van der Waals surface area contributed by atoms with Crippen LogP contribution in [0.2, 0.25) is 5.22 Å². The Bertz CT molecular complexity index is 597. The highest BCUT2D eigenvalue weighted by molar-refractivity contribution is 7.09. The van der Waals surface area contributed by atoms with Crippen molar-refractivity contribution < 1.29 is 9.21 Å². The van der Waals surface area contributed by atoms with E-state index < -0.39 is 0 Å². The summed E-state index contributed by atoms with van der Waals surface area (Å²) in [4.78, 5) is 18.1. The second kappa shape index (κ2) is 6.64. The molecule has 0 atom stereocenters. The molecule has 0 spiro atoms. The van der Waals surface area contributed by atoms with Crippen LogP contribution in [0.4, 0.5) is 0 Å². The van der Waals surface area contributed by atoms with Gasteiger partial charge in [0.1, 0.15) is 0 Å². The van der Waals surface area contributed by atoms with Crippen LogP contribution in [0.1, 0.15) is 21.7 Å². The molecule has 0 radical (unpaired) electrons. The molecule has 21 heavy (non-hydrogen) atoms. The summed E-state index contributed by atoms with van der Waals surface area (Å²) in [6, 6.07) is 5.87. The summed E-state index contributed by atoms with van der Waals surface area (Å²) < 4.78 is 5.01. The SMILES string of the molecule is O=C(c1ccoc1Cl)N1CCCN(Cc2cccs2)CC1. The molecule has 1 aliphatic heterocycles. The molecule has 0 aliphatic carbocycles. The van der Waals surface area contributed by atoms with E-state index in [1.165, 1.54) is 11.1 Å². The smallest absolute Gasteiger partial charge is 0.258 e. The van der Waals surface area contributed by atoms with E-state index in [1.807, 2.05) is 4.90 Å². The largest absolute Gasteiger partial charge is 0.452 e. The van der Waals surface area contributed by atoms with E-state index in [0.29, 0.717) is 5.56 Å². The molecule has 1 amide bonds. The lowest BCUT2D eigenvalue weighted by atomic mass is 10.3. The number of thiophene rings is 1. The Kier molecular flexibility index (Phi) is 4.63. The number of rotatable bonds is 3. The van der Waals surface area contributed by atoms with Gasteiger partial charge in [0.25, 0.3) is 5.91 Å². The molecule has 1 saturated heterocycles. The fraction of sp³-hybridized carbons (Fsp3) is 0.400. The summed E-state index contributed by atoms with van der Waals surface area (Å²) in [6.07, 6.45) is 2.43. The standard InChI is InChI=1S/C15H17ClN2O2S/c16-14-13(4-9-20-14)15(19)18-6-2-5-17(7-8-18)11-12-3-1-10-21-12/h1,3-4,9-10H,2,5-8,11H2. The van der Waals surface area contributed by atoms with Crippen molar-refractivity contribution in [3.8, 4) is 0 Å². The third kappa shape index (κ3) is 3.48. The Labute approximate surface area is 132 Å². The Morgan fingerprint density at radius 3 is 2.90 bits per heavy atom. The monoisotopic (exact) mass is 324 g/mol. The van der Waals surface area contributed by atoms with Gasteiger partial charge in [0.2, 0.25) is 5.22 Å². The summed E-state index contributed by atoms with van der Waals surface area (Å²) in [5.41, 5.74) is 0.461. The van der Waals surface area contributed by atoms with Crippen molar-refractivity contribution >= 4 is 28.8 Å². The maximum absolute atomic E-state index is 12.4. The van der Waals surface area contributed by atoms with Gasteiger partial charge in [-0.25, -0.2) is 0 Å². The maximum atomic E-state index is 12.4. The Hall–Kier alpha value is -1.30. The minimum atomic E-state index is -0.0354. The van der Waals surface area contributed by atoms with Crippen molar-refractivity contribution in [3.05, 3.63) is 45.5 Å². The topological polar surface area (TPSA) is 36.7 Å². The molecule has 0 aromatic carbocycles. The number of nitrogens with zero attached hydrogens (tertiary/aromatic N) is 2. The maximum Gasteiger partial charge on any atom is 0.258 e. The van der Waals surface area contributed by atoms with Crippen LogP contribution in [0, 0.1) is 0 Å². The fourth-order valence-electron chi connectivity index (χ4n) is 2.57. The highest BCUT2D eigenvalue weighted by Crippen LogP contribution is 2.20. The van der Waals surface area contributed by atoms with Gasteiger partial charge in [-0.15, -0.1) is 11.3 Å². The van der Waals surface area contributed by atoms with Crippen molar-refractivity contribution in [2.24, 2.45) is 0 Å². The summed E-state index contributed by atoms with van der Waals surface area (Å²) in [5.74, 6) is -0.0354. The minimum Gasteiger partial charge on any atom is -0.452 e. The van der Waals surface area contributed by atoms with Crippen molar-refractivity contribution in [1.29, 1.82) is 0 Å². The number of hydrogen-bond donors (Lipinski definition) is 0. The highest BCUT2D eigenvalue weighted by atomic mass is 35.5. The number of halogens is 1. The van der Waals surface area contributed by atoms with E-state index in [4.69, 9.17) is 16.0 Å². The van der Waals surface area contributed by atoms with Gasteiger partial charge in [0.05, 0.1) is 11.8 Å². The lowest BCUT2D eigenvalue weighted by molar-refractivity contribution is 0.0760. The van der Waals surface area contributed by atoms with Crippen LogP contribution < -0.4 is 0 Å². The van der Waals surface area contributed by atoms with Crippen LogP contribution >= 0.6 is 22.9 Å². The summed E-state index contributed by atoms with van der Waals surface area (Å²) in [7, 11) is 0. The number of carbonyl (C=O) groups is 1. The number of amides is 1. The molecule has 2 aromatic rings. The zero-order valence-corrected chi connectivity index (χ0v) is 13.2. The lowest BCUT2D eigenvalue weighted by Gasteiger charge is -2.21. The quantitative estimate of drug-likeness (QED) is 0.869. The third-order valence-corrected chi connectivity index (χ3v) is 4.84. The van der Waals surface area contributed by atoms with Crippen LogP contribution in [0.25, 0.3) is 0 Å². The van der Waals surface area contributed by atoms with Gasteiger partial charge in [0.15, 0.2) is 0 Å². The second-order valence-corrected chi connectivity index (χ2v) is 6.48. The molecular formula is C15H17ClN2O2S. The fourth-order valence-corrected chi connectivity index (χ4v) is 3.51. The molecule has 0 N–H and O–H groups in total. The average molecular weight is 325 g/mol. The normalized spacial score (nSPS) is 16.9. The molecule has 6 heteroatoms. The van der Waals surface area contributed by atoms with Gasteiger partial charge in [-0.1, -0.05) is 6.07 Å². The molecule has 3 rings (SSSR count). The molecule has 4 nitrogen and oxygen atoms in total. The van der Waals surface area contributed by atoms with Crippen molar-refractivity contribution in [2.45, 2.75) is 13.0 Å². The van der Waals surface area contributed by atoms with Crippen LogP contribution in [0.15, 0.2) is 34.3 Å². The molecule has 0 bridgehead atoms. The molecule has 3 heterocycles. The van der Waals surface area contributed by atoms with Gasteiger partial charge in [-0.05, 0) is 35.5 Å². The summed E-state index contributed by atoms with van der Waals surface area (Å²) >= 11 is 7.67. The first kappa shape index (κ1) is 14.6. The van der Waals surface area contributed by atoms with Crippen LogP contribution in [-0.4, -0.2) is 41.9 Å². The first-order chi connectivity index (χ1) is 10.2. The zero-order valence-electron chi connectivity index (χ0n) is 11.6. The van der Waals surface area contributed by atoms with E-state index in [1.54, 1.807) is 17.4 Å². The first-order valence-corrected chi connectivity index (χ1v) is 8.27. The van der Waals surface area contributed by atoms with Crippen molar-refractivity contribution in [1.82, 2.24) is 9.80 Å². The zero-order chi connectivity index (χ0) is 14.7. The van der Waals surface area contributed by atoms with E-state index in [2.05, 4.69) is 22.4 Å². The number of hydrogen-bond acceptors (Lipinski definition) is 4. The van der Waals surface area contributed by atoms with Crippen LogP contribution in [0.3, 0.4) is 0 Å². The Balaban J connectivity index is 1.60. The third-order valence-electron chi connectivity index (χ3n) is 3.68. The Morgan fingerprint density at radius 1 is 1.29 bits per heavy atom. The summed E-state index contributed by atoms with van der Waals surface area (Å²) in [6.45, 7) is 4.36. The predicted octanol–water partition coefficient (Wildman–Crippen LogP) is 3.34. The Morgan fingerprint density at radius 2 is 2.19 bits per heavy atom. The molecule has 2 aromatic heterocycles. The van der Waals surface area contributed by atoms with Crippen LogP contribution in [0.5, 0.6) is 0 Å². The average Bonchev–Trinajstić information content (AvgIpc) is 3.07. The van der Waals surface area contributed by atoms with E-state index in [9.17, 15) is 4.79 Å². The van der Waals surface area contributed by atoms with Crippen molar-refractivity contribution in [3.63, 3.8) is 0 Å². The molecule has 0 unspecified atom stereocenters. The molecule has 0 saturated carbocycles. The molecule has 1 aliphatic rings. The van der Waals surface area contributed by atoms with E-state index in [-0.39, 0.29) is 11.1 Å². The number of carbonyl (C=O) groups excluding carboxylic acids is 1. The highest BCUT2D eigenvalue weighted by Gasteiger charge is 2.23. The summed E-state index contributed by atoms with van der Waals surface area (Å²) in [5, 5.41) is 2.28. The lowest BCUT2D eigenvalue weighted by Crippen LogP contribution is -2.35. The molecule has 112 valence electrons. The van der Waals surface area contributed by atoms with Crippen molar-refractivity contribution in [2.75, 3.05) is 26.2 Å². The molecule has 1 fully saturated rings. The van der Waals surface area contributed by atoms with Gasteiger partial charge in [-0.2, -0.15) is 0 Å². The second-order valence-electron chi connectivity index (χ2n) is 5.11. The van der Waals surface area contributed by atoms with Gasteiger partial charge >= 0.3 is 0 Å². The van der Waals surface area contributed by atoms with Crippen LogP contribution in [-0.2, 0) is 6.54 Å². The predicted molar refractivity (Wildman–Crippen MR) is 83.8 cm³/mol. The minimum absolute atomic E-state index is 0.0354. The van der Waals surface area contributed by atoms with Gasteiger partial charge in [0, 0.05) is 37.6 Å². The van der Waals surface area contributed by atoms with Gasteiger partial charge in [-0.3, -0.25) is 9.69 Å². The van der Waals surface area contributed by atoms with E-state index in [0.717, 1.165) is 39.1 Å². The van der Waals surface area contributed by atoms with E-state index >= 15 is 0 Å². The number of furan rings is 1. The molecular weight excluding hydrogens is 308 g/mol.